The fourth-order valence-electron chi connectivity index (χ4n) is 3.77. The number of hydrogen-bond donors (Lipinski definition) is 0. The minimum absolute atomic E-state index is 0.0333. The smallest absolute Gasteiger partial charge is 0.309 e. The lowest BCUT2D eigenvalue weighted by molar-refractivity contribution is -0.144. The average Bonchev–Trinajstić information content (AvgIpc) is 2.91. The van der Waals surface area contributed by atoms with Crippen LogP contribution in [0.25, 0.3) is 0 Å². The molecule has 2 saturated carbocycles. The Kier molecular flexibility index (Phi) is 2.79. The standard InChI is InChI=1S/C12H17O3Si/c13-12-11-8-4-7(9(11)6-15-12)5-10(8)14-2-1-3-16/h7-11H,1-6H2. The summed E-state index contributed by atoms with van der Waals surface area (Å²) in [5.41, 5.74) is 0. The number of ether oxygens (including phenoxy) is 2. The summed E-state index contributed by atoms with van der Waals surface area (Å²) in [6.45, 7) is 1.47. The lowest BCUT2D eigenvalue weighted by Gasteiger charge is -2.28. The van der Waals surface area contributed by atoms with Crippen molar-refractivity contribution in [2.45, 2.75) is 31.4 Å². The molecule has 1 heterocycles. The Morgan fingerprint density at radius 2 is 2.25 bits per heavy atom. The maximum atomic E-state index is 11.6. The second kappa shape index (κ2) is 4.15. The number of hydrogen-bond acceptors (Lipinski definition) is 3. The average molecular weight is 237 g/mol. The van der Waals surface area contributed by atoms with E-state index in [0.29, 0.717) is 30.5 Å². The Labute approximate surface area is 99.3 Å². The number of fused-ring (bicyclic) bond motifs is 5. The fourth-order valence-corrected chi connectivity index (χ4v) is 3.92. The van der Waals surface area contributed by atoms with Gasteiger partial charge in [-0.3, -0.25) is 4.79 Å². The van der Waals surface area contributed by atoms with Crippen LogP contribution >= 0.6 is 0 Å². The molecule has 2 aliphatic carbocycles. The second-order valence-electron chi connectivity index (χ2n) is 5.23. The number of carbonyl (C=O) groups excluding carboxylic acids is 1. The summed E-state index contributed by atoms with van der Waals surface area (Å²) in [5.74, 6) is 1.82. The maximum absolute atomic E-state index is 11.6. The molecule has 0 aromatic rings. The van der Waals surface area contributed by atoms with Crippen LogP contribution in [0.15, 0.2) is 0 Å². The first-order chi connectivity index (χ1) is 7.81. The topological polar surface area (TPSA) is 35.5 Å². The molecule has 0 N–H and O–H groups in total. The molecule has 3 fully saturated rings. The molecule has 2 bridgehead atoms. The van der Waals surface area contributed by atoms with Gasteiger partial charge in [0.25, 0.3) is 0 Å². The Bertz CT molecular complexity index is 294. The molecule has 1 saturated heterocycles. The van der Waals surface area contributed by atoms with Crippen molar-refractivity contribution in [3.05, 3.63) is 0 Å². The summed E-state index contributed by atoms with van der Waals surface area (Å²) in [6, 6.07) is 0.981. The molecule has 87 valence electrons. The first-order valence-corrected chi connectivity index (χ1v) is 6.95. The highest BCUT2D eigenvalue weighted by molar-refractivity contribution is 6.08. The van der Waals surface area contributed by atoms with Gasteiger partial charge < -0.3 is 9.47 Å². The van der Waals surface area contributed by atoms with E-state index in [1.807, 2.05) is 0 Å². The molecule has 0 aromatic carbocycles. The first-order valence-electron chi connectivity index (χ1n) is 6.24. The zero-order valence-electron chi connectivity index (χ0n) is 9.35. The molecule has 3 nitrogen and oxygen atoms in total. The number of carbonyl (C=O) groups is 1. The molecule has 3 rings (SSSR count). The Hall–Kier alpha value is -0.353. The summed E-state index contributed by atoms with van der Waals surface area (Å²) in [5, 5.41) is 0. The maximum Gasteiger partial charge on any atom is 0.309 e. The van der Waals surface area contributed by atoms with Crippen LogP contribution in [0.2, 0.25) is 6.04 Å². The Morgan fingerprint density at radius 1 is 1.38 bits per heavy atom. The van der Waals surface area contributed by atoms with Crippen molar-refractivity contribution in [3.63, 3.8) is 0 Å². The van der Waals surface area contributed by atoms with Gasteiger partial charge in [-0.2, -0.15) is 0 Å². The van der Waals surface area contributed by atoms with Crippen molar-refractivity contribution in [1.29, 1.82) is 0 Å². The van der Waals surface area contributed by atoms with Gasteiger partial charge in [-0.05, 0) is 31.1 Å². The van der Waals surface area contributed by atoms with Crippen LogP contribution in [0.5, 0.6) is 0 Å². The highest BCUT2D eigenvalue weighted by atomic mass is 28.1. The molecule has 3 radical (unpaired) electrons. The van der Waals surface area contributed by atoms with E-state index in [0.717, 1.165) is 25.5 Å². The summed E-state index contributed by atoms with van der Waals surface area (Å²) >= 11 is 0. The molecule has 0 spiro atoms. The molecular weight excluding hydrogens is 220 g/mol. The summed E-state index contributed by atoms with van der Waals surface area (Å²) in [4.78, 5) is 11.6. The van der Waals surface area contributed by atoms with Crippen LogP contribution in [-0.4, -0.2) is 35.5 Å². The number of rotatable bonds is 4. The van der Waals surface area contributed by atoms with Gasteiger partial charge in [0.1, 0.15) is 0 Å². The fraction of sp³-hybridized carbons (Fsp3) is 0.917. The highest BCUT2D eigenvalue weighted by Crippen LogP contribution is 2.55. The molecule has 5 atom stereocenters. The molecule has 5 unspecified atom stereocenters. The van der Waals surface area contributed by atoms with E-state index < -0.39 is 0 Å². The summed E-state index contributed by atoms with van der Waals surface area (Å²) < 4.78 is 11.1. The lowest BCUT2D eigenvalue weighted by atomic mass is 9.80. The highest BCUT2D eigenvalue weighted by Gasteiger charge is 2.59. The summed E-state index contributed by atoms with van der Waals surface area (Å²) in [7, 11) is 3.45. The van der Waals surface area contributed by atoms with E-state index in [9.17, 15) is 4.79 Å². The largest absolute Gasteiger partial charge is 0.465 e. The van der Waals surface area contributed by atoms with Gasteiger partial charge >= 0.3 is 5.97 Å². The van der Waals surface area contributed by atoms with E-state index in [-0.39, 0.29) is 11.9 Å². The van der Waals surface area contributed by atoms with Gasteiger partial charge in [0.05, 0.1) is 18.6 Å². The van der Waals surface area contributed by atoms with Crippen molar-refractivity contribution < 1.29 is 14.3 Å². The van der Waals surface area contributed by atoms with Crippen LogP contribution in [-0.2, 0) is 14.3 Å². The van der Waals surface area contributed by atoms with E-state index in [4.69, 9.17) is 9.47 Å². The second-order valence-corrected chi connectivity index (χ2v) is 5.73. The SMILES string of the molecule is O=C1OCC2C3CC(OCCC[Si])C(C3)C12. The van der Waals surface area contributed by atoms with Crippen LogP contribution in [0.4, 0.5) is 0 Å². The predicted octanol–water partition coefficient (Wildman–Crippen LogP) is 1.18. The Morgan fingerprint density at radius 3 is 3.06 bits per heavy atom. The molecule has 4 heteroatoms. The lowest BCUT2D eigenvalue weighted by Crippen LogP contribution is -2.34. The van der Waals surface area contributed by atoms with Crippen molar-refractivity contribution >= 4 is 16.2 Å². The van der Waals surface area contributed by atoms with Crippen molar-refractivity contribution in [2.24, 2.45) is 23.7 Å². The van der Waals surface area contributed by atoms with Crippen molar-refractivity contribution in [2.75, 3.05) is 13.2 Å². The number of cyclic esters (lactones) is 1. The monoisotopic (exact) mass is 237 g/mol. The Balaban J connectivity index is 1.62. The normalized spacial score (nSPS) is 44.8. The van der Waals surface area contributed by atoms with E-state index in [1.54, 1.807) is 0 Å². The molecule has 0 aromatic heterocycles. The quantitative estimate of drug-likeness (QED) is 0.418. The van der Waals surface area contributed by atoms with Crippen LogP contribution in [0.3, 0.4) is 0 Å². The minimum Gasteiger partial charge on any atom is -0.465 e. The minimum atomic E-state index is 0.0333. The van der Waals surface area contributed by atoms with Gasteiger partial charge in [-0.1, -0.05) is 6.04 Å². The number of esters is 1. The van der Waals surface area contributed by atoms with Crippen molar-refractivity contribution in [1.82, 2.24) is 0 Å². The third-order valence-corrected chi connectivity index (χ3v) is 4.81. The van der Waals surface area contributed by atoms with Crippen LogP contribution in [0, 0.1) is 23.7 Å². The van der Waals surface area contributed by atoms with Crippen LogP contribution < -0.4 is 0 Å². The van der Waals surface area contributed by atoms with Gasteiger partial charge in [-0.15, -0.1) is 0 Å². The van der Waals surface area contributed by atoms with Gasteiger partial charge in [0.2, 0.25) is 0 Å². The molecule has 3 aliphatic rings. The molecular formula is C12H17O3Si. The van der Waals surface area contributed by atoms with E-state index >= 15 is 0 Å². The van der Waals surface area contributed by atoms with Gasteiger partial charge in [0.15, 0.2) is 0 Å². The van der Waals surface area contributed by atoms with E-state index in [2.05, 4.69) is 10.2 Å². The van der Waals surface area contributed by atoms with Crippen LogP contribution in [0.1, 0.15) is 19.3 Å². The van der Waals surface area contributed by atoms with Gasteiger partial charge in [-0.25, -0.2) is 0 Å². The molecule has 16 heavy (non-hydrogen) atoms. The third kappa shape index (κ3) is 1.54. The molecule has 0 amide bonds. The van der Waals surface area contributed by atoms with Crippen molar-refractivity contribution in [3.8, 4) is 0 Å². The third-order valence-electron chi connectivity index (χ3n) is 4.46. The first kappa shape index (κ1) is 10.8. The predicted molar refractivity (Wildman–Crippen MR) is 59.1 cm³/mol. The van der Waals surface area contributed by atoms with E-state index in [1.165, 1.54) is 6.42 Å². The molecule has 1 aliphatic heterocycles. The summed E-state index contributed by atoms with van der Waals surface area (Å²) in [6.07, 6.45) is 3.69. The van der Waals surface area contributed by atoms with Gasteiger partial charge in [0, 0.05) is 22.8 Å². The zero-order valence-corrected chi connectivity index (χ0v) is 10.4. The zero-order chi connectivity index (χ0) is 11.1.